The molecule has 2 aromatic carbocycles. The lowest BCUT2D eigenvalue weighted by molar-refractivity contribution is 0.598. The Balaban J connectivity index is 2.48. The number of halogens is 3. The van der Waals surface area contributed by atoms with E-state index in [9.17, 15) is 12.8 Å². The zero-order valence-electron chi connectivity index (χ0n) is 10.3. The summed E-state index contributed by atoms with van der Waals surface area (Å²) < 4.78 is 40.1. The number of nitrogens with one attached hydrogen (secondary N) is 1. The van der Waals surface area contributed by atoms with E-state index < -0.39 is 15.8 Å². The van der Waals surface area contributed by atoms with Crippen molar-refractivity contribution in [1.82, 2.24) is 0 Å². The maximum Gasteiger partial charge on any atom is 0.263 e. The highest BCUT2D eigenvalue weighted by molar-refractivity contribution is 7.92. The van der Waals surface area contributed by atoms with Crippen LogP contribution in [0.5, 0.6) is 0 Å². The number of anilines is 1. The van der Waals surface area contributed by atoms with Crippen molar-refractivity contribution in [3.8, 4) is 6.07 Å². The van der Waals surface area contributed by atoms with Crippen LogP contribution in [0.2, 0.25) is 10.0 Å². The van der Waals surface area contributed by atoms with Crippen molar-refractivity contribution in [1.29, 1.82) is 5.26 Å². The highest BCUT2D eigenvalue weighted by Crippen LogP contribution is 2.27. The molecule has 0 saturated carbocycles. The molecule has 2 aromatic rings. The van der Waals surface area contributed by atoms with E-state index in [4.69, 9.17) is 28.5 Å². The molecule has 0 atom stereocenters. The van der Waals surface area contributed by atoms with Gasteiger partial charge in [0.05, 0.1) is 22.3 Å². The minimum absolute atomic E-state index is 0.0797. The second kappa shape index (κ2) is 5.90. The Kier molecular flexibility index (Phi) is 4.37. The minimum atomic E-state index is -4.15. The maximum absolute atomic E-state index is 13.6. The van der Waals surface area contributed by atoms with Crippen molar-refractivity contribution in [2.45, 2.75) is 4.90 Å². The maximum atomic E-state index is 13.6. The SMILES string of the molecule is N#Cc1ccc(Cl)c(S(=O)(=O)Nc2cc(Cl)ccc2F)c1. The molecule has 0 unspecified atom stereocenters. The first-order chi connectivity index (χ1) is 9.83. The van der Waals surface area contributed by atoms with Crippen LogP contribution in [-0.2, 0) is 10.0 Å². The van der Waals surface area contributed by atoms with Gasteiger partial charge < -0.3 is 0 Å². The molecule has 0 saturated heterocycles. The normalized spacial score (nSPS) is 11.0. The molecule has 1 N–H and O–H groups in total. The summed E-state index contributed by atoms with van der Waals surface area (Å²) in [5, 5.41) is 8.90. The first-order valence-corrected chi connectivity index (χ1v) is 7.75. The second-order valence-electron chi connectivity index (χ2n) is 3.99. The molecule has 2 rings (SSSR count). The lowest BCUT2D eigenvalue weighted by Gasteiger charge is -2.10. The third-order valence-electron chi connectivity index (χ3n) is 2.52. The van der Waals surface area contributed by atoms with Gasteiger partial charge in [-0.15, -0.1) is 0 Å². The third-order valence-corrected chi connectivity index (χ3v) is 4.60. The Labute approximate surface area is 130 Å². The molecule has 0 aromatic heterocycles. The van der Waals surface area contributed by atoms with Crippen molar-refractivity contribution >= 4 is 38.9 Å². The van der Waals surface area contributed by atoms with Crippen molar-refractivity contribution in [3.63, 3.8) is 0 Å². The van der Waals surface area contributed by atoms with Crippen LogP contribution in [0, 0.1) is 17.1 Å². The van der Waals surface area contributed by atoms with Gasteiger partial charge in [0, 0.05) is 5.02 Å². The monoisotopic (exact) mass is 344 g/mol. The van der Waals surface area contributed by atoms with E-state index in [1.807, 2.05) is 0 Å². The zero-order valence-corrected chi connectivity index (χ0v) is 12.6. The molecule has 0 spiro atoms. The Morgan fingerprint density at radius 1 is 1.14 bits per heavy atom. The van der Waals surface area contributed by atoms with Gasteiger partial charge in [0.2, 0.25) is 0 Å². The third kappa shape index (κ3) is 3.45. The van der Waals surface area contributed by atoms with Gasteiger partial charge in [-0.25, -0.2) is 12.8 Å². The van der Waals surface area contributed by atoms with Gasteiger partial charge in [0.1, 0.15) is 10.7 Å². The van der Waals surface area contributed by atoms with E-state index >= 15 is 0 Å². The van der Waals surface area contributed by atoms with E-state index in [1.54, 1.807) is 6.07 Å². The molecule has 108 valence electrons. The molecule has 0 amide bonds. The fourth-order valence-corrected chi connectivity index (χ4v) is 3.31. The molecular weight excluding hydrogens is 338 g/mol. The molecule has 0 heterocycles. The highest BCUT2D eigenvalue weighted by Gasteiger charge is 2.20. The standard InChI is InChI=1S/C13H7Cl2FN2O2S/c14-9-2-4-11(16)12(6-9)18-21(19,20)13-5-8(7-17)1-3-10(13)15/h1-6,18H. The van der Waals surface area contributed by atoms with Gasteiger partial charge in [0.15, 0.2) is 0 Å². The molecular formula is C13H7Cl2FN2O2S. The van der Waals surface area contributed by atoms with Gasteiger partial charge in [-0.05, 0) is 36.4 Å². The predicted molar refractivity (Wildman–Crippen MR) is 78.4 cm³/mol. The molecule has 0 radical (unpaired) electrons. The first kappa shape index (κ1) is 15.6. The van der Waals surface area contributed by atoms with Crippen LogP contribution >= 0.6 is 23.2 Å². The smallest absolute Gasteiger partial charge is 0.263 e. The predicted octanol–water partition coefficient (Wildman–Crippen LogP) is 3.80. The number of benzene rings is 2. The average molecular weight is 345 g/mol. The molecule has 0 aliphatic rings. The quantitative estimate of drug-likeness (QED) is 0.920. The number of nitrogens with zero attached hydrogens (tertiary/aromatic N) is 1. The largest absolute Gasteiger partial charge is 0.277 e. The Bertz CT molecular complexity index is 848. The van der Waals surface area contributed by atoms with Crippen molar-refractivity contribution in [3.05, 3.63) is 57.8 Å². The van der Waals surface area contributed by atoms with E-state index in [0.29, 0.717) is 0 Å². The van der Waals surface area contributed by atoms with Gasteiger partial charge >= 0.3 is 0 Å². The van der Waals surface area contributed by atoms with E-state index in [1.165, 1.54) is 18.2 Å². The number of nitriles is 1. The molecule has 4 nitrogen and oxygen atoms in total. The van der Waals surface area contributed by atoms with Gasteiger partial charge in [-0.1, -0.05) is 23.2 Å². The summed E-state index contributed by atoms with van der Waals surface area (Å²) in [7, 11) is -4.15. The van der Waals surface area contributed by atoms with Crippen molar-refractivity contribution in [2.75, 3.05) is 4.72 Å². The van der Waals surface area contributed by atoms with Crippen LogP contribution < -0.4 is 4.72 Å². The van der Waals surface area contributed by atoms with Crippen LogP contribution in [0.4, 0.5) is 10.1 Å². The summed E-state index contributed by atoms with van der Waals surface area (Å²) in [5.41, 5.74) is -0.188. The van der Waals surface area contributed by atoms with Crippen molar-refractivity contribution in [2.24, 2.45) is 0 Å². The average Bonchev–Trinajstić information content (AvgIpc) is 2.43. The summed E-state index contributed by atoms with van der Waals surface area (Å²) in [6.07, 6.45) is 0. The molecule has 0 bridgehead atoms. The van der Waals surface area contributed by atoms with Gasteiger partial charge in [-0.3, -0.25) is 4.72 Å². The van der Waals surface area contributed by atoms with Gasteiger partial charge in [-0.2, -0.15) is 5.26 Å². The highest BCUT2D eigenvalue weighted by atomic mass is 35.5. The van der Waals surface area contributed by atoms with Crippen LogP contribution in [0.15, 0.2) is 41.3 Å². The zero-order chi connectivity index (χ0) is 15.6. The second-order valence-corrected chi connectivity index (χ2v) is 6.48. The summed E-state index contributed by atoms with van der Waals surface area (Å²) >= 11 is 11.5. The Hall–Kier alpha value is -1.81. The first-order valence-electron chi connectivity index (χ1n) is 5.51. The molecule has 0 aliphatic heterocycles. The summed E-state index contributed by atoms with van der Waals surface area (Å²) in [4.78, 5) is -0.317. The number of rotatable bonds is 3. The van der Waals surface area contributed by atoms with E-state index in [-0.39, 0.29) is 26.2 Å². The Morgan fingerprint density at radius 2 is 1.86 bits per heavy atom. The van der Waals surface area contributed by atoms with Crippen LogP contribution in [0.3, 0.4) is 0 Å². The molecule has 21 heavy (non-hydrogen) atoms. The van der Waals surface area contributed by atoms with Crippen LogP contribution in [0.25, 0.3) is 0 Å². The lowest BCUT2D eigenvalue weighted by atomic mass is 10.2. The molecule has 8 heteroatoms. The number of sulfonamides is 1. The van der Waals surface area contributed by atoms with Crippen molar-refractivity contribution < 1.29 is 12.8 Å². The fraction of sp³-hybridized carbons (Fsp3) is 0. The van der Waals surface area contributed by atoms with Gasteiger partial charge in [0.25, 0.3) is 10.0 Å². The molecule has 0 aliphatic carbocycles. The summed E-state index contributed by atoms with van der Waals surface area (Å²) in [6, 6.07) is 9.03. The minimum Gasteiger partial charge on any atom is -0.277 e. The topological polar surface area (TPSA) is 70.0 Å². The summed E-state index contributed by atoms with van der Waals surface area (Å²) in [5.74, 6) is -0.782. The van der Waals surface area contributed by atoms with E-state index in [0.717, 1.165) is 18.2 Å². The number of hydrogen-bond donors (Lipinski definition) is 1. The van der Waals surface area contributed by atoms with Crippen LogP contribution in [-0.4, -0.2) is 8.42 Å². The lowest BCUT2D eigenvalue weighted by Crippen LogP contribution is -2.14. The van der Waals surface area contributed by atoms with Crippen LogP contribution in [0.1, 0.15) is 5.56 Å². The molecule has 0 fully saturated rings. The Morgan fingerprint density at radius 3 is 2.52 bits per heavy atom. The van der Waals surface area contributed by atoms with E-state index in [2.05, 4.69) is 4.72 Å². The number of hydrogen-bond acceptors (Lipinski definition) is 3. The fourth-order valence-electron chi connectivity index (χ4n) is 1.55. The summed E-state index contributed by atoms with van der Waals surface area (Å²) in [6.45, 7) is 0.